The third-order valence-corrected chi connectivity index (χ3v) is 5.75. The highest BCUT2D eigenvalue weighted by Gasteiger charge is 2.39. The predicted molar refractivity (Wildman–Crippen MR) is 113 cm³/mol. The van der Waals surface area contributed by atoms with Crippen LogP contribution in [0.15, 0.2) is 59.8 Å². The number of benzene rings is 3. The van der Waals surface area contributed by atoms with Crippen LogP contribution in [0.1, 0.15) is 17.0 Å². The molecule has 30 heavy (non-hydrogen) atoms. The molecule has 0 saturated heterocycles. The van der Waals surface area contributed by atoms with E-state index >= 15 is 0 Å². The average Bonchev–Trinajstić information content (AvgIpc) is 3.16. The number of methoxy groups -OCH3 is 3. The summed E-state index contributed by atoms with van der Waals surface area (Å²) in [6, 6.07) is 16.1. The van der Waals surface area contributed by atoms with Crippen LogP contribution < -0.4 is 19.5 Å². The number of carbonyl (C=O) groups is 1. The summed E-state index contributed by atoms with van der Waals surface area (Å²) in [5, 5.41) is 5.68. The van der Waals surface area contributed by atoms with Crippen LogP contribution in [0.2, 0.25) is 0 Å². The van der Waals surface area contributed by atoms with E-state index in [9.17, 15) is 4.79 Å². The molecule has 0 spiro atoms. The molecular formula is C24H21NO5. The normalized spacial score (nSPS) is 17.2. The van der Waals surface area contributed by atoms with Gasteiger partial charge in [0.25, 0.3) is 0 Å². The minimum absolute atomic E-state index is 0.234. The van der Waals surface area contributed by atoms with Crippen molar-refractivity contribution in [3.63, 3.8) is 0 Å². The molecule has 6 nitrogen and oxygen atoms in total. The second-order valence-electron chi connectivity index (χ2n) is 7.24. The highest BCUT2D eigenvalue weighted by Crippen LogP contribution is 2.49. The molecule has 152 valence electrons. The van der Waals surface area contributed by atoms with Gasteiger partial charge in [0, 0.05) is 11.3 Å². The van der Waals surface area contributed by atoms with Crippen LogP contribution in [0.5, 0.6) is 17.2 Å². The molecule has 0 radical (unpaired) electrons. The van der Waals surface area contributed by atoms with Crippen LogP contribution in [-0.4, -0.2) is 33.9 Å². The molecule has 0 aliphatic carbocycles. The van der Waals surface area contributed by atoms with Crippen molar-refractivity contribution >= 4 is 22.4 Å². The van der Waals surface area contributed by atoms with Gasteiger partial charge in [-0.25, -0.2) is 4.79 Å². The van der Waals surface area contributed by atoms with Crippen LogP contribution in [-0.2, 0) is 9.53 Å². The van der Waals surface area contributed by atoms with Gasteiger partial charge in [-0.2, -0.15) is 0 Å². The quantitative estimate of drug-likeness (QED) is 0.658. The molecule has 3 aromatic carbocycles. The Labute approximate surface area is 174 Å². The Morgan fingerprint density at radius 3 is 2.40 bits per heavy atom. The molecule has 2 aliphatic heterocycles. The largest absolute Gasteiger partial charge is 0.493 e. The monoisotopic (exact) mass is 403 g/mol. The number of hydrogen-bond acceptors (Lipinski definition) is 6. The van der Waals surface area contributed by atoms with Gasteiger partial charge in [0.2, 0.25) is 5.75 Å². The van der Waals surface area contributed by atoms with Gasteiger partial charge in [0.15, 0.2) is 11.5 Å². The highest BCUT2D eigenvalue weighted by molar-refractivity contribution is 6.03. The van der Waals surface area contributed by atoms with Crippen molar-refractivity contribution in [2.45, 2.75) is 5.92 Å². The first-order valence-electron chi connectivity index (χ1n) is 9.65. The summed E-state index contributed by atoms with van der Waals surface area (Å²) in [6.45, 7) is 0.234. The second kappa shape index (κ2) is 6.99. The molecule has 0 saturated carbocycles. The fourth-order valence-corrected chi connectivity index (χ4v) is 4.40. The van der Waals surface area contributed by atoms with Gasteiger partial charge >= 0.3 is 5.97 Å². The lowest BCUT2D eigenvalue weighted by Gasteiger charge is -2.29. The van der Waals surface area contributed by atoms with Gasteiger partial charge in [-0.15, -0.1) is 0 Å². The van der Waals surface area contributed by atoms with Crippen molar-refractivity contribution in [3.8, 4) is 17.2 Å². The molecule has 5 rings (SSSR count). The summed E-state index contributed by atoms with van der Waals surface area (Å²) in [7, 11) is 4.74. The zero-order valence-electron chi connectivity index (χ0n) is 16.9. The Hall–Kier alpha value is -3.67. The fraction of sp³-hybridized carbons (Fsp3) is 0.208. The number of anilines is 1. The Kier molecular flexibility index (Phi) is 4.28. The third-order valence-electron chi connectivity index (χ3n) is 5.75. The molecule has 6 heteroatoms. The molecule has 2 aliphatic rings. The number of rotatable bonds is 4. The Bertz CT molecular complexity index is 1190. The number of hydrogen-bond donors (Lipinski definition) is 1. The van der Waals surface area contributed by atoms with E-state index < -0.39 is 0 Å². The summed E-state index contributed by atoms with van der Waals surface area (Å²) in [5.74, 6) is 0.974. The van der Waals surface area contributed by atoms with Crippen LogP contribution >= 0.6 is 0 Å². The van der Waals surface area contributed by atoms with Crippen molar-refractivity contribution in [2.75, 3.05) is 33.3 Å². The van der Waals surface area contributed by atoms with Crippen molar-refractivity contribution < 1.29 is 23.7 Å². The molecule has 1 atom stereocenters. The molecule has 3 aromatic rings. The summed E-state index contributed by atoms with van der Waals surface area (Å²) in [5.41, 5.74) is 4.27. The second-order valence-corrected chi connectivity index (χ2v) is 7.24. The highest BCUT2D eigenvalue weighted by atomic mass is 16.5. The lowest BCUT2D eigenvalue weighted by atomic mass is 9.80. The maximum atomic E-state index is 12.7. The van der Waals surface area contributed by atoms with Crippen molar-refractivity contribution in [3.05, 3.63) is 70.9 Å². The molecule has 2 heterocycles. The van der Waals surface area contributed by atoms with E-state index in [1.54, 1.807) is 21.3 Å². The van der Waals surface area contributed by atoms with E-state index in [0.717, 1.165) is 33.3 Å². The summed E-state index contributed by atoms with van der Waals surface area (Å²) in [6.07, 6.45) is 0. The van der Waals surface area contributed by atoms with Gasteiger partial charge in [-0.1, -0.05) is 36.4 Å². The van der Waals surface area contributed by atoms with E-state index in [4.69, 9.17) is 18.9 Å². The zero-order valence-corrected chi connectivity index (χ0v) is 16.9. The first kappa shape index (κ1) is 18.4. The fourth-order valence-electron chi connectivity index (χ4n) is 4.40. The standard InChI is InChI=1S/C24H21NO5/c1-27-18-10-14(11-19(28-2)23(18)29-3)20-16-9-8-13-6-4-5-7-15(13)22(16)25-17-12-30-24(26)21(17)20/h4-11,20,25H,12H2,1-3H3. The smallest absolute Gasteiger partial charge is 0.337 e. The minimum atomic E-state index is -0.315. The Balaban J connectivity index is 1.79. The van der Waals surface area contributed by atoms with E-state index in [1.807, 2.05) is 24.3 Å². The van der Waals surface area contributed by atoms with Crippen LogP contribution in [0.3, 0.4) is 0 Å². The van der Waals surface area contributed by atoms with Gasteiger partial charge in [0.05, 0.1) is 38.3 Å². The minimum Gasteiger partial charge on any atom is -0.493 e. The molecule has 0 aromatic heterocycles. The van der Waals surface area contributed by atoms with Gasteiger partial charge in [-0.3, -0.25) is 0 Å². The summed E-state index contributed by atoms with van der Waals surface area (Å²) in [4.78, 5) is 12.7. The molecule has 0 bridgehead atoms. The van der Waals surface area contributed by atoms with E-state index in [1.165, 1.54) is 0 Å². The lowest BCUT2D eigenvalue weighted by molar-refractivity contribution is -0.136. The summed E-state index contributed by atoms with van der Waals surface area (Å²) >= 11 is 0. The average molecular weight is 403 g/mol. The number of esters is 1. The maximum absolute atomic E-state index is 12.7. The van der Waals surface area contributed by atoms with Gasteiger partial charge in [0.1, 0.15) is 6.61 Å². The number of carbonyl (C=O) groups excluding carboxylic acids is 1. The Morgan fingerprint density at radius 2 is 1.70 bits per heavy atom. The third kappa shape index (κ3) is 2.60. The molecular weight excluding hydrogens is 382 g/mol. The number of nitrogens with one attached hydrogen (secondary N) is 1. The van der Waals surface area contributed by atoms with Gasteiger partial charge < -0.3 is 24.3 Å². The van der Waals surface area contributed by atoms with Crippen LogP contribution in [0.4, 0.5) is 5.69 Å². The van der Waals surface area contributed by atoms with Crippen molar-refractivity contribution in [1.29, 1.82) is 0 Å². The molecule has 0 fully saturated rings. The molecule has 1 unspecified atom stereocenters. The van der Waals surface area contributed by atoms with Crippen LogP contribution in [0.25, 0.3) is 10.8 Å². The first-order valence-corrected chi connectivity index (χ1v) is 9.65. The van der Waals surface area contributed by atoms with E-state index in [2.05, 4.69) is 29.6 Å². The van der Waals surface area contributed by atoms with Crippen molar-refractivity contribution in [1.82, 2.24) is 0 Å². The van der Waals surface area contributed by atoms with E-state index in [-0.39, 0.29) is 18.5 Å². The maximum Gasteiger partial charge on any atom is 0.337 e. The summed E-state index contributed by atoms with van der Waals surface area (Å²) < 4.78 is 22.0. The van der Waals surface area contributed by atoms with Crippen LogP contribution in [0, 0.1) is 0 Å². The molecule has 0 amide bonds. The lowest BCUT2D eigenvalue weighted by Crippen LogP contribution is -2.20. The zero-order chi connectivity index (χ0) is 20.8. The predicted octanol–water partition coefficient (Wildman–Crippen LogP) is 4.23. The number of cyclic esters (lactones) is 1. The molecule has 1 N–H and O–H groups in total. The topological polar surface area (TPSA) is 66.0 Å². The van der Waals surface area contributed by atoms with Crippen molar-refractivity contribution in [2.24, 2.45) is 0 Å². The number of ether oxygens (including phenoxy) is 4. The SMILES string of the molecule is COc1cc(C2C3=C(COC3=O)Nc3c2ccc2ccccc32)cc(OC)c1OC. The van der Waals surface area contributed by atoms with Gasteiger partial charge in [-0.05, 0) is 28.6 Å². The van der Waals surface area contributed by atoms with E-state index in [0.29, 0.717) is 22.8 Å². The number of fused-ring (bicyclic) bond motifs is 3. The Morgan fingerprint density at radius 1 is 0.967 bits per heavy atom. The first-order chi connectivity index (χ1) is 14.7.